The summed E-state index contributed by atoms with van der Waals surface area (Å²) in [4.78, 5) is 31.6. The monoisotopic (exact) mass is 496 g/mol. The number of halogens is 1. The lowest BCUT2D eigenvalue weighted by Gasteiger charge is -2.25. The van der Waals surface area contributed by atoms with Crippen molar-refractivity contribution in [2.24, 2.45) is 4.99 Å². The van der Waals surface area contributed by atoms with Crippen molar-refractivity contribution in [3.63, 3.8) is 0 Å². The van der Waals surface area contributed by atoms with Crippen LogP contribution in [0.2, 0.25) is 0 Å². The van der Waals surface area contributed by atoms with Gasteiger partial charge in [-0.25, -0.2) is 14.2 Å². The maximum absolute atomic E-state index is 13.7. The van der Waals surface area contributed by atoms with Gasteiger partial charge in [0.1, 0.15) is 5.82 Å². The summed E-state index contributed by atoms with van der Waals surface area (Å²) < 4.78 is 32.0. The molecule has 9 heteroatoms. The maximum Gasteiger partial charge on any atom is 0.338 e. The number of carbonyl (C=O) groups is 1. The van der Waals surface area contributed by atoms with Gasteiger partial charge in [-0.05, 0) is 62.2 Å². The zero-order chi connectivity index (χ0) is 25.1. The summed E-state index contributed by atoms with van der Waals surface area (Å²) in [5, 5.41) is 0. The van der Waals surface area contributed by atoms with Crippen molar-refractivity contribution >= 4 is 23.4 Å². The first-order valence-corrected chi connectivity index (χ1v) is 12.0. The molecule has 1 atom stereocenters. The number of benzene rings is 2. The lowest BCUT2D eigenvalue weighted by Crippen LogP contribution is -2.40. The molecule has 0 amide bonds. The van der Waals surface area contributed by atoms with Gasteiger partial charge in [-0.15, -0.1) is 0 Å². The van der Waals surface area contributed by atoms with E-state index in [1.807, 2.05) is 6.92 Å². The molecule has 1 aliphatic rings. The highest BCUT2D eigenvalue weighted by atomic mass is 32.1. The average Bonchev–Trinajstić information content (AvgIpc) is 3.13. The Hall–Kier alpha value is -3.72. The van der Waals surface area contributed by atoms with Crippen molar-refractivity contribution in [3.8, 4) is 11.5 Å². The molecule has 0 fully saturated rings. The van der Waals surface area contributed by atoms with E-state index >= 15 is 0 Å². The quantitative estimate of drug-likeness (QED) is 0.469. The Kier molecular flexibility index (Phi) is 7.16. The summed E-state index contributed by atoms with van der Waals surface area (Å²) in [5.41, 5.74) is 1.57. The van der Waals surface area contributed by atoms with Gasteiger partial charge in [0.2, 0.25) is 0 Å². The number of hydrogen-bond acceptors (Lipinski definition) is 7. The number of ether oxygens (including phenoxy) is 3. The molecule has 35 heavy (non-hydrogen) atoms. The second-order valence-corrected chi connectivity index (χ2v) is 8.71. The van der Waals surface area contributed by atoms with Gasteiger partial charge in [-0.3, -0.25) is 9.36 Å². The lowest BCUT2D eigenvalue weighted by molar-refractivity contribution is -0.139. The number of thiazole rings is 1. The molecule has 0 aliphatic carbocycles. The minimum Gasteiger partial charge on any atom is -0.493 e. The van der Waals surface area contributed by atoms with Gasteiger partial charge in [0.25, 0.3) is 5.56 Å². The number of rotatable bonds is 7. The van der Waals surface area contributed by atoms with Gasteiger partial charge in [-0.2, -0.15) is 0 Å². The smallest absolute Gasteiger partial charge is 0.338 e. The predicted molar refractivity (Wildman–Crippen MR) is 131 cm³/mol. The van der Waals surface area contributed by atoms with Crippen molar-refractivity contribution in [2.45, 2.75) is 26.8 Å². The minimum atomic E-state index is -0.787. The zero-order valence-electron chi connectivity index (χ0n) is 19.8. The SMILES string of the molecule is CCOC(=O)C1=C(C)N=c2s/c(=C\c3cccc(F)c3)c(=O)n2C1c1ccc(OCC)c(OC)c1. The molecule has 1 aliphatic heterocycles. The molecule has 0 saturated heterocycles. The molecule has 1 unspecified atom stereocenters. The fourth-order valence-corrected chi connectivity index (χ4v) is 5.03. The van der Waals surface area contributed by atoms with Crippen molar-refractivity contribution < 1.29 is 23.4 Å². The topological polar surface area (TPSA) is 79.1 Å². The molecule has 0 saturated carbocycles. The highest BCUT2D eigenvalue weighted by molar-refractivity contribution is 7.07. The van der Waals surface area contributed by atoms with Crippen molar-refractivity contribution in [2.75, 3.05) is 20.3 Å². The van der Waals surface area contributed by atoms with E-state index in [1.165, 1.54) is 35.1 Å². The van der Waals surface area contributed by atoms with Crippen LogP contribution in [0.5, 0.6) is 11.5 Å². The van der Waals surface area contributed by atoms with E-state index < -0.39 is 17.8 Å². The normalized spacial score (nSPS) is 15.5. The third-order valence-corrected chi connectivity index (χ3v) is 6.45. The number of fused-ring (bicyclic) bond motifs is 1. The fourth-order valence-electron chi connectivity index (χ4n) is 3.98. The van der Waals surface area contributed by atoms with E-state index in [0.29, 0.717) is 44.3 Å². The van der Waals surface area contributed by atoms with Crippen molar-refractivity contribution in [3.05, 3.63) is 90.4 Å². The summed E-state index contributed by atoms with van der Waals surface area (Å²) in [6, 6.07) is 10.5. The molecule has 3 aromatic rings. The zero-order valence-corrected chi connectivity index (χ0v) is 20.6. The third-order valence-electron chi connectivity index (χ3n) is 5.47. The Balaban J connectivity index is 1.96. The van der Waals surface area contributed by atoms with Gasteiger partial charge in [-0.1, -0.05) is 29.5 Å². The molecule has 0 N–H and O–H groups in total. The number of allylic oxidation sites excluding steroid dienone is 1. The Labute approximate surface area is 205 Å². The van der Waals surface area contributed by atoms with Crippen molar-refractivity contribution in [1.82, 2.24) is 4.57 Å². The van der Waals surface area contributed by atoms with Crippen LogP contribution in [0.15, 0.2) is 63.5 Å². The fraction of sp³-hybridized carbons (Fsp3) is 0.269. The van der Waals surface area contributed by atoms with Crippen molar-refractivity contribution in [1.29, 1.82) is 0 Å². The molecular weight excluding hydrogens is 471 g/mol. The summed E-state index contributed by atoms with van der Waals surface area (Å²) in [6.45, 7) is 5.94. The first-order valence-electron chi connectivity index (χ1n) is 11.1. The Morgan fingerprint density at radius 1 is 1.17 bits per heavy atom. The van der Waals surface area contributed by atoms with E-state index in [2.05, 4.69) is 4.99 Å². The Morgan fingerprint density at radius 3 is 2.66 bits per heavy atom. The summed E-state index contributed by atoms with van der Waals surface area (Å²) >= 11 is 1.18. The van der Waals surface area contributed by atoms with E-state index in [0.717, 1.165) is 0 Å². The van der Waals surface area contributed by atoms with Gasteiger partial charge in [0.15, 0.2) is 16.3 Å². The van der Waals surface area contributed by atoms with Crippen LogP contribution >= 0.6 is 11.3 Å². The Bertz CT molecular complexity index is 1490. The molecule has 0 bridgehead atoms. The molecule has 4 rings (SSSR count). The molecule has 1 aromatic heterocycles. The predicted octanol–water partition coefficient (Wildman–Crippen LogP) is 3.34. The molecule has 2 aromatic carbocycles. The second-order valence-electron chi connectivity index (χ2n) is 7.70. The number of carbonyl (C=O) groups excluding carboxylic acids is 1. The molecule has 0 radical (unpaired) electrons. The van der Waals surface area contributed by atoms with Gasteiger partial charge < -0.3 is 14.2 Å². The minimum absolute atomic E-state index is 0.179. The highest BCUT2D eigenvalue weighted by Gasteiger charge is 2.33. The van der Waals surface area contributed by atoms with Gasteiger partial charge >= 0.3 is 5.97 Å². The number of esters is 1. The molecule has 0 spiro atoms. The van der Waals surface area contributed by atoms with E-state index in [-0.39, 0.29) is 17.7 Å². The Morgan fingerprint density at radius 2 is 1.97 bits per heavy atom. The summed E-state index contributed by atoms with van der Waals surface area (Å²) in [5.74, 6) is 0.0806. The van der Waals surface area contributed by atoms with Crippen LogP contribution in [0.4, 0.5) is 4.39 Å². The number of methoxy groups -OCH3 is 1. The standard InChI is InChI=1S/C26H25FN2O5S/c1-5-33-19-11-10-17(14-20(19)32-4)23-22(25(31)34-6-2)15(3)28-26-29(23)24(30)21(35-26)13-16-8-7-9-18(27)12-16/h7-14,23H,5-6H2,1-4H3/b21-13-. The number of hydrogen-bond donors (Lipinski definition) is 0. The molecular formula is C26H25FN2O5S. The first-order chi connectivity index (χ1) is 16.9. The molecule has 182 valence electrons. The van der Waals surface area contributed by atoms with Crippen LogP contribution in [-0.2, 0) is 9.53 Å². The van der Waals surface area contributed by atoms with Crippen LogP contribution in [0.1, 0.15) is 37.9 Å². The first kappa shape index (κ1) is 24.4. The third kappa shape index (κ3) is 4.77. The highest BCUT2D eigenvalue weighted by Crippen LogP contribution is 2.36. The largest absolute Gasteiger partial charge is 0.493 e. The van der Waals surface area contributed by atoms with E-state index in [9.17, 15) is 14.0 Å². The maximum atomic E-state index is 13.7. The lowest BCUT2D eigenvalue weighted by atomic mass is 9.95. The van der Waals surface area contributed by atoms with Crippen LogP contribution in [0.3, 0.4) is 0 Å². The van der Waals surface area contributed by atoms with Crippen LogP contribution < -0.4 is 24.4 Å². The van der Waals surface area contributed by atoms with Crippen LogP contribution in [-0.4, -0.2) is 30.9 Å². The molecule has 2 heterocycles. The summed E-state index contributed by atoms with van der Waals surface area (Å²) in [7, 11) is 1.53. The number of nitrogens with zero attached hydrogens (tertiary/aromatic N) is 2. The van der Waals surface area contributed by atoms with Crippen LogP contribution in [0, 0.1) is 5.82 Å². The molecule has 7 nitrogen and oxygen atoms in total. The second kappa shape index (κ2) is 10.3. The van der Waals surface area contributed by atoms with Gasteiger partial charge in [0, 0.05) is 0 Å². The number of aromatic nitrogens is 1. The van der Waals surface area contributed by atoms with Gasteiger partial charge in [0.05, 0.1) is 42.2 Å². The average molecular weight is 497 g/mol. The van der Waals surface area contributed by atoms with E-state index in [1.54, 1.807) is 50.3 Å². The summed E-state index contributed by atoms with van der Waals surface area (Å²) in [6.07, 6.45) is 1.62. The van der Waals surface area contributed by atoms with Crippen LogP contribution in [0.25, 0.3) is 6.08 Å². The van der Waals surface area contributed by atoms with E-state index in [4.69, 9.17) is 14.2 Å².